The molecule has 1 unspecified atom stereocenters. The van der Waals surface area contributed by atoms with Gasteiger partial charge in [-0.15, -0.1) is 0 Å². The summed E-state index contributed by atoms with van der Waals surface area (Å²) in [5.74, 6) is -0.318. The van der Waals surface area contributed by atoms with E-state index in [1.165, 1.54) is 12.1 Å². The minimum atomic E-state index is -0.313. The molecule has 0 fully saturated rings. The van der Waals surface area contributed by atoms with Gasteiger partial charge in [0.25, 0.3) is 0 Å². The molecule has 0 amide bonds. The van der Waals surface area contributed by atoms with Gasteiger partial charge < -0.3 is 20.7 Å². The van der Waals surface area contributed by atoms with Gasteiger partial charge in [0.2, 0.25) is 0 Å². The van der Waals surface area contributed by atoms with E-state index in [2.05, 4.69) is 0 Å². The van der Waals surface area contributed by atoms with Gasteiger partial charge in [-0.3, -0.25) is 0 Å². The summed E-state index contributed by atoms with van der Waals surface area (Å²) in [7, 11) is 0. The van der Waals surface area contributed by atoms with Crippen LogP contribution >= 0.6 is 0 Å². The van der Waals surface area contributed by atoms with Crippen molar-refractivity contribution in [3.8, 4) is 11.5 Å². The fourth-order valence-corrected chi connectivity index (χ4v) is 1.81. The lowest BCUT2D eigenvalue weighted by Gasteiger charge is -2.17. The van der Waals surface area contributed by atoms with Gasteiger partial charge >= 0.3 is 0 Å². The molecule has 0 bridgehead atoms. The average Bonchev–Trinajstić information content (AvgIpc) is 2.44. The van der Waals surface area contributed by atoms with Gasteiger partial charge in [0, 0.05) is 6.54 Å². The van der Waals surface area contributed by atoms with E-state index in [0.29, 0.717) is 13.2 Å². The summed E-state index contributed by atoms with van der Waals surface area (Å²) >= 11 is 0. The number of phenols is 2. The van der Waals surface area contributed by atoms with Crippen LogP contribution in [-0.2, 0) is 11.3 Å². The standard InChI is InChI=1S/C15H17NO3/c16-9-15(12-6-7-13(17)14(18)8-12)19-10-11-4-2-1-3-5-11/h1-8,15,17-18H,9-10,16H2. The van der Waals surface area contributed by atoms with Crippen molar-refractivity contribution >= 4 is 0 Å². The zero-order valence-electron chi connectivity index (χ0n) is 10.5. The Balaban J connectivity index is 2.05. The van der Waals surface area contributed by atoms with Crippen molar-refractivity contribution < 1.29 is 14.9 Å². The third kappa shape index (κ3) is 3.47. The molecule has 0 heterocycles. The molecule has 2 aromatic rings. The molecule has 2 aromatic carbocycles. The minimum Gasteiger partial charge on any atom is -0.504 e. The quantitative estimate of drug-likeness (QED) is 0.720. The van der Waals surface area contributed by atoms with E-state index in [9.17, 15) is 10.2 Å². The zero-order valence-corrected chi connectivity index (χ0v) is 10.5. The molecule has 0 spiro atoms. The number of hydrogen-bond donors (Lipinski definition) is 3. The second kappa shape index (κ2) is 6.22. The maximum atomic E-state index is 9.48. The molecule has 4 nitrogen and oxygen atoms in total. The molecular weight excluding hydrogens is 242 g/mol. The van der Waals surface area contributed by atoms with Gasteiger partial charge in [0.15, 0.2) is 11.5 Å². The lowest BCUT2D eigenvalue weighted by atomic mass is 10.1. The molecular formula is C15H17NO3. The van der Waals surface area contributed by atoms with Crippen LogP contribution in [0.5, 0.6) is 11.5 Å². The Morgan fingerprint density at radius 1 is 1.00 bits per heavy atom. The first-order chi connectivity index (χ1) is 9.20. The Hall–Kier alpha value is -2.04. The SMILES string of the molecule is NCC(OCc1ccccc1)c1ccc(O)c(O)c1. The predicted octanol–water partition coefficient (Wildman–Crippen LogP) is 2.31. The third-order valence-electron chi connectivity index (χ3n) is 2.88. The maximum Gasteiger partial charge on any atom is 0.157 e. The van der Waals surface area contributed by atoms with Crippen molar-refractivity contribution in [1.29, 1.82) is 0 Å². The van der Waals surface area contributed by atoms with E-state index in [0.717, 1.165) is 11.1 Å². The van der Waals surface area contributed by atoms with Gasteiger partial charge in [-0.1, -0.05) is 36.4 Å². The van der Waals surface area contributed by atoms with Gasteiger partial charge in [0.05, 0.1) is 12.7 Å². The van der Waals surface area contributed by atoms with Crippen molar-refractivity contribution in [3.63, 3.8) is 0 Å². The first-order valence-corrected chi connectivity index (χ1v) is 6.08. The van der Waals surface area contributed by atoms with Gasteiger partial charge in [0.1, 0.15) is 0 Å². The summed E-state index contributed by atoms with van der Waals surface area (Å²) < 4.78 is 5.74. The van der Waals surface area contributed by atoms with Crippen LogP contribution in [0.25, 0.3) is 0 Å². The Labute approximate surface area is 112 Å². The van der Waals surface area contributed by atoms with E-state index in [4.69, 9.17) is 10.5 Å². The highest BCUT2D eigenvalue weighted by Crippen LogP contribution is 2.29. The molecule has 0 saturated carbocycles. The highest BCUT2D eigenvalue weighted by molar-refractivity contribution is 5.41. The number of benzene rings is 2. The molecule has 0 aliphatic carbocycles. The number of hydrogen-bond acceptors (Lipinski definition) is 4. The molecule has 4 heteroatoms. The Morgan fingerprint density at radius 3 is 2.37 bits per heavy atom. The molecule has 0 saturated heterocycles. The fraction of sp³-hybridized carbons (Fsp3) is 0.200. The van der Waals surface area contributed by atoms with Crippen molar-refractivity contribution in [3.05, 3.63) is 59.7 Å². The number of phenolic OH excluding ortho intramolecular Hbond substituents is 2. The second-order valence-electron chi connectivity index (χ2n) is 4.27. The average molecular weight is 259 g/mol. The van der Waals surface area contributed by atoms with Crippen LogP contribution in [-0.4, -0.2) is 16.8 Å². The highest BCUT2D eigenvalue weighted by atomic mass is 16.5. The summed E-state index contributed by atoms with van der Waals surface area (Å²) in [5, 5.41) is 18.8. The molecule has 1 atom stereocenters. The van der Waals surface area contributed by atoms with E-state index in [1.54, 1.807) is 6.07 Å². The van der Waals surface area contributed by atoms with Crippen molar-refractivity contribution in [2.24, 2.45) is 5.73 Å². The van der Waals surface area contributed by atoms with Crippen LogP contribution in [0.2, 0.25) is 0 Å². The fourth-order valence-electron chi connectivity index (χ4n) is 1.81. The van der Waals surface area contributed by atoms with E-state index in [1.807, 2.05) is 30.3 Å². The maximum absolute atomic E-state index is 9.48. The summed E-state index contributed by atoms with van der Waals surface area (Å²) in [4.78, 5) is 0. The normalized spacial score (nSPS) is 12.3. The van der Waals surface area contributed by atoms with Gasteiger partial charge in [-0.2, -0.15) is 0 Å². The van der Waals surface area contributed by atoms with E-state index >= 15 is 0 Å². The van der Waals surface area contributed by atoms with Gasteiger partial charge in [-0.05, 0) is 23.3 Å². The van der Waals surface area contributed by atoms with Crippen LogP contribution in [0.4, 0.5) is 0 Å². The predicted molar refractivity (Wildman–Crippen MR) is 72.8 cm³/mol. The van der Waals surface area contributed by atoms with Crippen LogP contribution in [0.1, 0.15) is 17.2 Å². The molecule has 100 valence electrons. The number of rotatable bonds is 5. The van der Waals surface area contributed by atoms with Crippen molar-refractivity contribution in [1.82, 2.24) is 0 Å². The minimum absolute atomic E-state index is 0.150. The lowest BCUT2D eigenvalue weighted by Crippen LogP contribution is -2.15. The molecule has 4 N–H and O–H groups in total. The number of ether oxygens (including phenoxy) is 1. The van der Waals surface area contributed by atoms with Crippen molar-refractivity contribution in [2.45, 2.75) is 12.7 Å². The number of nitrogens with two attached hydrogens (primary N) is 1. The van der Waals surface area contributed by atoms with Crippen LogP contribution < -0.4 is 5.73 Å². The van der Waals surface area contributed by atoms with E-state index < -0.39 is 0 Å². The Morgan fingerprint density at radius 2 is 1.74 bits per heavy atom. The Kier molecular flexibility index (Phi) is 4.39. The first-order valence-electron chi connectivity index (χ1n) is 6.08. The molecule has 0 aromatic heterocycles. The zero-order chi connectivity index (χ0) is 13.7. The molecule has 19 heavy (non-hydrogen) atoms. The smallest absolute Gasteiger partial charge is 0.157 e. The highest BCUT2D eigenvalue weighted by Gasteiger charge is 2.12. The Bertz CT molecular complexity index is 528. The summed E-state index contributed by atoms with van der Waals surface area (Å²) in [6.07, 6.45) is -0.313. The molecule has 0 radical (unpaired) electrons. The van der Waals surface area contributed by atoms with Crippen LogP contribution in [0.3, 0.4) is 0 Å². The summed E-state index contributed by atoms with van der Waals surface area (Å²) in [5.41, 5.74) is 7.49. The molecule has 2 rings (SSSR count). The molecule has 0 aliphatic rings. The first kappa shape index (κ1) is 13.4. The van der Waals surface area contributed by atoms with Crippen LogP contribution in [0.15, 0.2) is 48.5 Å². The lowest BCUT2D eigenvalue weighted by molar-refractivity contribution is 0.0455. The largest absolute Gasteiger partial charge is 0.504 e. The van der Waals surface area contributed by atoms with Gasteiger partial charge in [-0.25, -0.2) is 0 Å². The topological polar surface area (TPSA) is 75.7 Å². The monoisotopic (exact) mass is 259 g/mol. The number of aromatic hydroxyl groups is 2. The third-order valence-corrected chi connectivity index (χ3v) is 2.88. The summed E-state index contributed by atoms with van der Waals surface area (Å²) in [6.45, 7) is 0.751. The van der Waals surface area contributed by atoms with E-state index in [-0.39, 0.29) is 17.6 Å². The van der Waals surface area contributed by atoms with Crippen molar-refractivity contribution in [2.75, 3.05) is 6.54 Å². The summed E-state index contributed by atoms with van der Waals surface area (Å²) in [6, 6.07) is 14.4. The van der Waals surface area contributed by atoms with Crippen LogP contribution in [0, 0.1) is 0 Å². The second-order valence-corrected chi connectivity index (χ2v) is 4.27. The molecule has 0 aliphatic heterocycles.